The lowest BCUT2D eigenvalue weighted by molar-refractivity contribution is 0.0222. The van der Waals surface area contributed by atoms with E-state index < -0.39 is 5.60 Å². The number of hydrogen-bond donors (Lipinski definition) is 1. The van der Waals surface area contributed by atoms with E-state index in [1.165, 1.54) is 25.0 Å². The number of carbonyl (C=O) groups is 1. The molecule has 2 heterocycles. The van der Waals surface area contributed by atoms with Gasteiger partial charge >= 0.3 is 6.09 Å². The largest absolute Gasteiger partial charge is 0.444 e. The molecule has 1 aromatic heterocycles. The zero-order chi connectivity index (χ0) is 15.2. The van der Waals surface area contributed by atoms with Gasteiger partial charge in [0.2, 0.25) is 0 Å². The monoisotopic (exact) mass is 292 g/mol. The Bertz CT molecular complexity index is 555. The highest BCUT2D eigenvalue weighted by molar-refractivity contribution is 5.69. The van der Waals surface area contributed by atoms with E-state index in [4.69, 9.17) is 10.5 Å². The highest BCUT2D eigenvalue weighted by Crippen LogP contribution is 2.36. The fourth-order valence-electron chi connectivity index (χ4n) is 2.89. The predicted octanol–water partition coefficient (Wildman–Crippen LogP) is 2.48. The molecule has 0 atom stereocenters. The third kappa shape index (κ3) is 2.71. The number of fused-ring (bicyclic) bond motifs is 1. The Kier molecular flexibility index (Phi) is 3.34. The van der Waals surface area contributed by atoms with E-state index in [2.05, 4.69) is 9.78 Å². The van der Waals surface area contributed by atoms with Crippen molar-refractivity contribution in [2.75, 3.05) is 12.3 Å². The molecule has 6 nitrogen and oxygen atoms in total. The Labute approximate surface area is 125 Å². The maximum Gasteiger partial charge on any atom is 0.410 e. The molecule has 1 fully saturated rings. The summed E-state index contributed by atoms with van der Waals surface area (Å²) < 4.78 is 7.54. The van der Waals surface area contributed by atoms with E-state index in [1.807, 2.05) is 20.8 Å². The van der Waals surface area contributed by atoms with Crippen LogP contribution < -0.4 is 5.73 Å². The molecule has 0 saturated heterocycles. The molecule has 2 N–H and O–H groups in total. The first-order chi connectivity index (χ1) is 9.85. The number of nitrogen functional groups attached to an aromatic ring is 1. The first-order valence-electron chi connectivity index (χ1n) is 7.69. The van der Waals surface area contributed by atoms with Crippen LogP contribution in [-0.4, -0.2) is 32.9 Å². The van der Waals surface area contributed by atoms with Gasteiger partial charge in [0.05, 0.1) is 12.6 Å². The summed E-state index contributed by atoms with van der Waals surface area (Å²) in [5.74, 6) is 0.560. The molecule has 0 aromatic carbocycles. The summed E-state index contributed by atoms with van der Waals surface area (Å²) in [5, 5.41) is 4.50. The summed E-state index contributed by atoms with van der Waals surface area (Å²) in [4.78, 5) is 13.9. The van der Waals surface area contributed by atoms with Crippen molar-refractivity contribution in [3.63, 3.8) is 0 Å². The molecule has 0 unspecified atom stereocenters. The van der Waals surface area contributed by atoms with Gasteiger partial charge in [-0.25, -0.2) is 4.79 Å². The molecule has 1 saturated carbocycles. The van der Waals surface area contributed by atoms with Crippen LogP contribution in [0.5, 0.6) is 0 Å². The number of aromatic nitrogens is 2. The minimum absolute atomic E-state index is 0.274. The zero-order valence-electron chi connectivity index (χ0n) is 13.1. The highest BCUT2D eigenvalue weighted by atomic mass is 16.6. The Morgan fingerprint density at radius 3 is 2.67 bits per heavy atom. The van der Waals surface area contributed by atoms with E-state index in [-0.39, 0.29) is 6.09 Å². The second kappa shape index (κ2) is 4.93. The fourth-order valence-corrected chi connectivity index (χ4v) is 2.89. The van der Waals surface area contributed by atoms with E-state index >= 15 is 0 Å². The summed E-state index contributed by atoms with van der Waals surface area (Å²) in [6.45, 7) is 6.80. The van der Waals surface area contributed by atoms with Crippen LogP contribution in [0.2, 0.25) is 0 Å². The van der Waals surface area contributed by atoms with Crippen molar-refractivity contribution in [3.8, 4) is 0 Å². The van der Waals surface area contributed by atoms with Gasteiger partial charge in [-0.2, -0.15) is 5.10 Å². The zero-order valence-corrected chi connectivity index (χ0v) is 13.1. The molecule has 116 valence electrons. The minimum Gasteiger partial charge on any atom is -0.444 e. The Hall–Kier alpha value is -1.72. The predicted molar refractivity (Wildman–Crippen MR) is 79.9 cm³/mol. The van der Waals surface area contributed by atoms with Gasteiger partial charge in [0, 0.05) is 24.2 Å². The van der Waals surface area contributed by atoms with Crippen molar-refractivity contribution in [2.24, 2.45) is 0 Å². The van der Waals surface area contributed by atoms with Gasteiger partial charge in [0.25, 0.3) is 0 Å². The van der Waals surface area contributed by atoms with Crippen LogP contribution in [0.4, 0.5) is 10.6 Å². The molecule has 1 aliphatic heterocycles. The topological polar surface area (TPSA) is 73.4 Å². The second-order valence-electron chi connectivity index (χ2n) is 6.99. The van der Waals surface area contributed by atoms with Gasteiger partial charge < -0.3 is 15.4 Å². The molecule has 2 aliphatic rings. The van der Waals surface area contributed by atoms with Crippen molar-refractivity contribution in [3.05, 3.63) is 11.3 Å². The average Bonchev–Trinajstić information content (AvgIpc) is 2.62. The number of rotatable bonds is 1. The number of nitrogens with zero attached hydrogens (tertiary/aromatic N) is 3. The molecular weight excluding hydrogens is 268 g/mol. The SMILES string of the molecule is CC(C)(C)OC(=O)N1CCc2c(c(N)nn2C2CCC2)C1. The number of amides is 1. The Balaban J connectivity index is 1.76. The first kappa shape index (κ1) is 14.2. The lowest BCUT2D eigenvalue weighted by atomic mass is 9.92. The standard InChI is InChI=1S/C15H24N4O2/c1-15(2,3)21-14(20)18-8-7-12-11(9-18)13(16)17-19(12)10-5-4-6-10/h10H,4-9H2,1-3H3,(H2,16,17). The van der Waals surface area contributed by atoms with Crippen molar-refractivity contribution in [1.82, 2.24) is 14.7 Å². The minimum atomic E-state index is -0.473. The molecule has 0 spiro atoms. The Morgan fingerprint density at radius 1 is 1.38 bits per heavy atom. The summed E-state index contributed by atoms with van der Waals surface area (Å²) in [6.07, 6.45) is 4.16. The summed E-state index contributed by atoms with van der Waals surface area (Å²) in [5.41, 5.74) is 7.79. The number of nitrogens with two attached hydrogens (primary N) is 1. The highest BCUT2D eigenvalue weighted by Gasteiger charge is 2.32. The normalized spacial score (nSPS) is 19.1. The summed E-state index contributed by atoms with van der Waals surface area (Å²) >= 11 is 0. The van der Waals surface area contributed by atoms with Crippen molar-refractivity contribution in [1.29, 1.82) is 0 Å². The van der Waals surface area contributed by atoms with Crippen LogP contribution in [0.15, 0.2) is 0 Å². The number of hydrogen-bond acceptors (Lipinski definition) is 4. The van der Waals surface area contributed by atoms with Crippen LogP contribution in [0.1, 0.15) is 57.3 Å². The van der Waals surface area contributed by atoms with Crippen molar-refractivity contribution < 1.29 is 9.53 Å². The van der Waals surface area contributed by atoms with Gasteiger partial charge in [-0.1, -0.05) is 0 Å². The van der Waals surface area contributed by atoms with Crippen LogP contribution in [-0.2, 0) is 17.7 Å². The maximum absolute atomic E-state index is 12.2. The third-order valence-corrected chi connectivity index (χ3v) is 4.19. The third-order valence-electron chi connectivity index (χ3n) is 4.19. The lowest BCUT2D eigenvalue weighted by Gasteiger charge is -2.32. The van der Waals surface area contributed by atoms with Crippen molar-refractivity contribution >= 4 is 11.9 Å². The molecule has 21 heavy (non-hydrogen) atoms. The van der Waals surface area contributed by atoms with Crippen LogP contribution in [0, 0.1) is 0 Å². The number of ether oxygens (including phenoxy) is 1. The second-order valence-corrected chi connectivity index (χ2v) is 6.99. The summed E-state index contributed by atoms with van der Waals surface area (Å²) in [7, 11) is 0. The molecule has 1 amide bonds. The van der Waals surface area contributed by atoms with Gasteiger partial charge in [0.1, 0.15) is 5.60 Å². The molecular formula is C15H24N4O2. The van der Waals surface area contributed by atoms with Crippen LogP contribution >= 0.6 is 0 Å². The van der Waals surface area contributed by atoms with E-state index in [9.17, 15) is 4.79 Å². The maximum atomic E-state index is 12.2. The molecule has 3 rings (SSSR count). The van der Waals surface area contributed by atoms with Gasteiger partial charge in [0.15, 0.2) is 5.82 Å². The molecule has 1 aliphatic carbocycles. The summed E-state index contributed by atoms with van der Waals surface area (Å²) in [6, 6.07) is 0.504. The lowest BCUT2D eigenvalue weighted by Crippen LogP contribution is -2.40. The smallest absolute Gasteiger partial charge is 0.410 e. The number of carbonyl (C=O) groups excluding carboxylic acids is 1. The van der Waals surface area contributed by atoms with Crippen LogP contribution in [0.3, 0.4) is 0 Å². The molecule has 0 bridgehead atoms. The van der Waals surface area contributed by atoms with Gasteiger partial charge in [-0.3, -0.25) is 4.68 Å². The van der Waals surface area contributed by atoms with E-state index in [0.29, 0.717) is 24.9 Å². The fraction of sp³-hybridized carbons (Fsp3) is 0.733. The van der Waals surface area contributed by atoms with Gasteiger partial charge in [-0.05, 0) is 40.0 Å². The first-order valence-corrected chi connectivity index (χ1v) is 7.69. The molecule has 1 aromatic rings. The van der Waals surface area contributed by atoms with Crippen molar-refractivity contribution in [2.45, 2.75) is 64.6 Å². The molecule has 0 radical (unpaired) electrons. The van der Waals surface area contributed by atoms with Gasteiger partial charge in [-0.15, -0.1) is 0 Å². The molecule has 6 heteroatoms. The quantitative estimate of drug-likeness (QED) is 0.863. The Morgan fingerprint density at radius 2 is 2.10 bits per heavy atom. The number of anilines is 1. The average molecular weight is 292 g/mol. The van der Waals surface area contributed by atoms with E-state index in [0.717, 1.165) is 12.0 Å². The van der Waals surface area contributed by atoms with Crippen LogP contribution in [0.25, 0.3) is 0 Å². The van der Waals surface area contributed by atoms with E-state index in [1.54, 1.807) is 4.90 Å².